The van der Waals surface area contributed by atoms with Crippen molar-refractivity contribution in [2.75, 3.05) is 11.6 Å². The van der Waals surface area contributed by atoms with Crippen LogP contribution < -0.4 is 10.1 Å². The van der Waals surface area contributed by atoms with Crippen molar-refractivity contribution in [2.45, 2.75) is 44.7 Å². The minimum absolute atomic E-state index is 0.0909. The van der Waals surface area contributed by atoms with Crippen LogP contribution in [0.2, 0.25) is 0 Å². The van der Waals surface area contributed by atoms with Crippen molar-refractivity contribution < 1.29 is 18.1 Å². The molecule has 0 aliphatic heterocycles. The second-order valence-electron chi connectivity index (χ2n) is 7.39. The van der Waals surface area contributed by atoms with Crippen molar-refractivity contribution in [1.29, 1.82) is 0 Å². The van der Waals surface area contributed by atoms with E-state index in [1.54, 1.807) is 0 Å². The van der Waals surface area contributed by atoms with Gasteiger partial charge in [-0.15, -0.1) is 0 Å². The summed E-state index contributed by atoms with van der Waals surface area (Å²) in [5, 5.41) is 14.4. The molecular weight excluding hydrogens is 368 g/mol. The average Bonchev–Trinajstić information content (AvgIpc) is 2.51. The third-order valence-corrected chi connectivity index (χ3v) is 4.81. The summed E-state index contributed by atoms with van der Waals surface area (Å²) < 4.78 is 29.3. The van der Waals surface area contributed by atoms with Gasteiger partial charge < -0.3 is 10.1 Å². The average molecular weight is 392 g/mol. The fourth-order valence-electron chi connectivity index (χ4n) is 2.47. The molecule has 8 heteroatoms. The van der Waals surface area contributed by atoms with Crippen molar-refractivity contribution in [2.24, 2.45) is 0 Å². The highest BCUT2D eigenvalue weighted by atomic mass is 32.2. The first kappa shape index (κ1) is 20.7. The van der Waals surface area contributed by atoms with Gasteiger partial charge in [0, 0.05) is 24.4 Å². The summed E-state index contributed by atoms with van der Waals surface area (Å²) in [7, 11) is -3.53. The summed E-state index contributed by atoms with van der Waals surface area (Å²) in [5.41, 5.74) is 1.46. The van der Waals surface area contributed by atoms with Crippen LogP contribution >= 0.6 is 0 Å². The van der Waals surface area contributed by atoms with E-state index in [1.807, 2.05) is 45.9 Å². The third kappa shape index (κ3) is 5.68. The van der Waals surface area contributed by atoms with Crippen LogP contribution in [0.3, 0.4) is 0 Å². The molecule has 7 nitrogen and oxygen atoms in total. The Hall–Kier alpha value is -2.61. The Morgan fingerprint density at radius 2 is 1.81 bits per heavy atom. The number of anilines is 1. The number of nitro benzene ring substituents is 1. The first-order chi connectivity index (χ1) is 12.4. The van der Waals surface area contributed by atoms with Crippen LogP contribution in [0.15, 0.2) is 41.3 Å². The van der Waals surface area contributed by atoms with E-state index in [-0.39, 0.29) is 21.9 Å². The van der Waals surface area contributed by atoms with E-state index in [1.165, 1.54) is 12.1 Å². The smallest absolute Gasteiger partial charge is 0.293 e. The van der Waals surface area contributed by atoms with Gasteiger partial charge in [-0.2, -0.15) is 0 Å². The van der Waals surface area contributed by atoms with Gasteiger partial charge in [0.1, 0.15) is 17.0 Å². The Balaban J connectivity index is 2.33. The Morgan fingerprint density at radius 1 is 1.15 bits per heavy atom. The summed E-state index contributed by atoms with van der Waals surface area (Å²) in [4.78, 5) is 10.7. The molecular formula is C19H24N2O5S. The van der Waals surface area contributed by atoms with E-state index in [4.69, 9.17) is 4.74 Å². The zero-order valence-corrected chi connectivity index (χ0v) is 16.9. The lowest BCUT2D eigenvalue weighted by Crippen LogP contribution is -2.24. The molecule has 27 heavy (non-hydrogen) atoms. The van der Waals surface area contributed by atoms with Gasteiger partial charge in [-0.1, -0.05) is 12.1 Å². The lowest BCUT2D eigenvalue weighted by atomic mass is 10.1. The van der Waals surface area contributed by atoms with Gasteiger partial charge in [0.25, 0.3) is 5.69 Å². The number of aryl methyl sites for hydroxylation is 1. The van der Waals surface area contributed by atoms with Gasteiger partial charge in [-0.05, 0) is 51.5 Å². The number of rotatable bonds is 6. The summed E-state index contributed by atoms with van der Waals surface area (Å²) in [5.74, 6) is 0.699. The zero-order chi connectivity index (χ0) is 20.4. The summed E-state index contributed by atoms with van der Waals surface area (Å²) in [6, 6.07) is 9.59. The van der Waals surface area contributed by atoms with Gasteiger partial charge in [0.2, 0.25) is 0 Å². The third-order valence-electron chi connectivity index (χ3n) is 3.70. The molecule has 0 aliphatic rings. The van der Waals surface area contributed by atoms with Crippen molar-refractivity contribution in [3.63, 3.8) is 0 Å². The van der Waals surface area contributed by atoms with Gasteiger partial charge in [-0.25, -0.2) is 8.42 Å². The first-order valence-corrected chi connectivity index (χ1v) is 10.3. The fraction of sp³-hybridized carbons (Fsp3) is 0.368. The van der Waals surface area contributed by atoms with Crippen molar-refractivity contribution in [3.05, 3.63) is 57.6 Å². The molecule has 0 aliphatic carbocycles. The number of nitro groups is 1. The minimum atomic E-state index is -3.53. The fourth-order valence-corrected chi connectivity index (χ4v) is 3.11. The molecule has 0 bridgehead atoms. The van der Waals surface area contributed by atoms with E-state index >= 15 is 0 Å². The van der Waals surface area contributed by atoms with Crippen LogP contribution in [0.25, 0.3) is 0 Å². The van der Waals surface area contributed by atoms with Gasteiger partial charge in [-0.3, -0.25) is 10.1 Å². The Kier molecular flexibility index (Phi) is 5.79. The highest BCUT2D eigenvalue weighted by molar-refractivity contribution is 7.90. The van der Waals surface area contributed by atoms with E-state index in [0.29, 0.717) is 12.3 Å². The molecule has 0 spiro atoms. The number of benzene rings is 2. The van der Waals surface area contributed by atoms with Crippen LogP contribution in [0, 0.1) is 17.0 Å². The minimum Gasteiger partial charge on any atom is -0.488 e. The van der Waals surface area contributed by atoms with Gasteiger partial charge in [0.05, 0.1) is 9.82 Å². The van der Waals surface area contributed by atoms with Crippen molar-refractivity contribution in [3.8, 4) is 5.75 Å². The number of sulfone groups is 1. The van der Waals surface area contributed by atoms with E-state index < -0.39 is 14.8 Å². The molecule has 1 N–H and O–H groups in total. The van der Waals surface area contributed by atoms with Crippen LogP contribution in [0.4, 0.5) is 11.4 Å². The molecule has 0 heterocycles. The van der Waals surface area contributed by atoms with Gasteiger partial charge >= 0.3 is 0 Å². The number of hydrogen-bond donors (Lipinski definition) is 1. The first-order valence-electron chi connectivity index (χ1n) is 8.38. The second-order valence-corrected chi connectivity index (χ2v) is 9.40. The van der Waals surface area contributed by atoms with Crippen LogP contribution in [0.1, 0.15) is 31.9 Å². The summed E-state index contributed by atoms with van der Waals surface area (Å²) >= 11 is 0. The lowest BCUT2D eigenvalue weighted by Gasteiger charge is -2.24. The molecule has 2 aromatic carbocycles. The molecule has 0 aromatic heterocycles. The number of hydrogen-bond acceptors (Lipinski definition) is 6. The number of nitrogens with one attached hydrogen (secondary N) is 1. The van der Waals surface area contributed by atoms with Crippen LogP contribution in [-0.4, -0.2) is 25.2 Å². The van der Waals surface area contributed by atoms with Crippen molar-refractivity contribution >= 4 is 21.2 Å². The normalized spacial score (nSPS) is 11.9. The highest BCUT2D eigenvalue weighted by Gasteiger charge is 2.20. The van der Waals surface area contributed by atoms with E-state index in [2.05, 4.69) is 5.32 Å². The second kappa shape index (κ2) is 7.56. The maximum atomic E-state index is 11.6. The van der Waals surface area contributed by atoms with E-state index in [0.717, 1.165) is 23.4 Å². The van der Waals surface area contributed by atoms with Crippen LogP contribution in [-0.2, 0) is 16.4 Å². The zero-order valence-electron chi connectivity index (χ0n) is 16.1. The highest BCUT2D eigenvalue weighted by Crippen LogP contribution is 2.30. The molecule has 0 fully saturated rings. The summed E-state index contributed by atoms with van der Waals surface area (Å²) in [6.45, 7) is 8.09. The monoisotopic (exact) mass is 392 g/mol. The predicted molar refractivity (Wildman–Crippen MR) is 105 cm³/mol. The largest absolute Gasteiger partial charge is 0.488 e. The molecule has 0 radical (unpaired) electrons. The van der Waals surface area contributed by atoms with Crippen LogP contribution in [0.5, 0.6) is 5.75 Å². The number of ether oxygens (including phenoxy) is 1. The molecule has 0 amide bonds. The maximum Gasteiger partial charge on any atom is 0.293 e. The lowest BCUT2D eigenvalue weighted by molar-refractivity contribution is -0.384. The predicted octanol–water partition coefficient (Wildman–Crippen LogP) is 4.10. The Morgan fingerprint density at radius 3 is 2.37 bits per heavy atom. The Labute approximate surface area is 159 Å². The van der Waals surface area contributed by atoms with E-state index in [9.17, 15) is 18.5 Å². The molecule has 0 saturated heterocycles. The molecule has 2 rings (SSSR count). The van der Waals surface area contributed by atoms with Crippen molar-refractivity contribution in [1.82, 2.24) is 0 Å². The molecule has 0 atom stereocenters. The quantitative estimate of drug-likeness (QED) is 0.587. The topological polar surface area (TPSA) is 98.5 Å². The summed E-state index contributed by atoms with van der Waals surface area (Å²) in [6.07, 6.45) is 1.02. The maximum absolute atomic E-state index is 11.6. The molecule has 146 valence electrons. The molecule has 2 aromatic rings. The molecule has 0 unspecified atom stereocenters. The standard InChI is InChI=1S/C19H24N2O5S/c1-13-6-7-14(18(10-13)26-19(2,3)4)12-20-16-9-8-15(27(5,24)25)11-17(16)21(22)23/h6-11,20H,12H2,1-5H3. The Bertz CT molecular complexity index is 963. The molecule has 0 saturated carbocycles. The van der Waals surface area contributed by atoms with Gasteiger partial charge in [0.15, 0.2) is 9.84 Å². The number of nitrogens with zero attached hydrogens (tertiary/aromatic N) is 1. The SMILES string of the molecule is Cc1ccc(CNc2ccc(S(C)(=O)=O)cc2[N+](=O)[O-])c(OC(C)(C)C)c1.